The van der Waals surface area contributed by atoms with E-state index in [1.165, 1.54) is 0 Å². The van der Waals surface area contributed by atoms with E-state index in [1.807, 2.05) is 66.7 Å². The second kappa shape index (κ2) is 8.67. The quantitative estimate of drug-likeness (QED) is 0.536. The highest BCUT2D eigenvalue weighted by Gasteiger charge is 2.24. The molecule has 3 aromatic rings. The first-order chi connectivity index (χ1) is 14.6. The summed E-state index contributed by atoms with van der Waals surface area (Å²) in [5, 5.41) is 2.82. The molecule has 0 aromatic heterocycles. The van der Waals surface area contributed by atoms with Crippen LogP contribution >= 0.6 is 0 Å². The molecule has 4 heteroatoms. The highest BCUT2D eigenvalue weighted by Crippen LogP contribution is 2.34. The smallest absolute Gasteiger partial charge is 0.296 e. The number of benzene rings is 3. The molecule has 148 valence electrons. The van der Waals surface area contributed by atoms with Gasteiger partial charge in [0.15, 0.2) is 5.78 Å². The number of Topliss-reactive ketones (excluding diaryl/α,β-unsaturated/α-hetero) is 1. The van der Waals surface area contributed by atoms with Crippen LogP contribution in [-0.2, 0) is 11.2 Å². The van der Waals surface area contributed by atoms with Crippen LogP contribution in [0.2, 0.25) is 0 Å². The number of carbonyl (C=O) groups excluding carboxylic acids is 2. The van der Waals surface area contributed by atoms with Crippen molar-refractivity contribution in [3.63, 3.8) is 0 Å². The van der Waals surface area contributed by atoms with Gasteiger partial charge in [0.2, 0.25) is 0 Å². The first-order valence-corrected chi connectivity index (χ1v) is 9.85. The molecular formula is C26H21NO3. The third-order valence-corrected chi connectivity index (χ3v) is 5.00. The predicted molar refractivity (Wildman–Crippen MR) is 116 cm³/mol. The lowest BCUT2D eigenvalue weighted by molar-refractivity contribution is -0.116. The van der Waals surface area contributed by atoms with Crippen molar-refractivity contribution in [1.82, 2.24) is 5.32 Å². The maximum Gasteiger partial charge on any atom is 0.296 e. The molecule has 1 amide bonds. The number of ether oxygens (including phenoxy) is 1. The first kappa shape index (κ1) is 19.5. The fourth-order valence-electron chi connectivity index (χ4n) is 3.54. The number of hydrogen-bond donors (Lipinski definition) is 1. The molecule has 1 N–H and O–H groups in total. The standard InChI is InChI=1S/C26H21NO3/c1-18(28)23-9-5-6-10-24(23)20-12-13-25-21(15-20)16-22(30-25)17-27-26(29)14-11-19-7-3-2-4-8-19/h2-10,12-13,15,22H,16-17H2,1H3,(H,27,29). The van der Waals surface area contributed by atoms with Crippen molar-refractivity contribution in [2.75, 3.05) is 6.54 Å². The zero-order valence-corrected chi connectivity index (χ0v) is 16.6. The van der Waals surface area contributed by atoms with Crippen LogP contribution in [0.4, 0.5) is 0 Å². The van der Waals surface area contributed by atoms with Crippen LogP contribution in [0.3, 0.4) is 0 Å². The van der Waals surface area contributed by atoms with Crippen molar-refractivity contribution in [2.24, 2.45) is 0 Å². The van der Waals surface area contributed by atoms with E-state index in [-0.39, 0.29) is 17.8 Å². The molecule has 3 aromatic carbocycles. The Morgan fingerprint density at radius 3 is 2.60 bits per heavy atom. The van der Waals surface area contributed by atoms with Gasteiger partial charge in [0.1, 0.15) is 11.9 Å². The van der Waals surface area contributed by atoms with Gasteiger partial charge < -0.3 is 10.1 Å². The van der Waals surface area contributed by atoms with Gasteiger partial charge in [0.05, 0.1) is 6.54 Å². The highest BCUT2D eigenvalue weighted by atomic mass is 16.5. The number of rotatable bonds is 4. The van der Waals surface area contributed by atoms with Crippen LogP contribution in [-0.4, -0.2) is 24.3 Å². The van der Waals surface area contributed by atoms with Crippen molar-refractivity contribution in [2.45, 2.75) is 19.4 Å². The molecule has 1 heterocycles. The van der Waals surface area contributed by atoms with Gasteiger partial charge in [0.25, 0.3) is 5.91 Å². The summed E-state index contributed by atoms with van der Waals surface area (Å²) in [5.74, 6) is 5.98. The lowest BCUT2D eigenvalue weighted by atomic mass is 9.95. The van der Waals surface area contributed by atoms with Gasteiger partial charge in [-0.05, 0) is 47.9 Å². The van der Waals surface area contributed by atoms with Gasteiger partial charge in [-0.2, -0.15) is 0 Å². The molecule has 1 unspecified atom stereocenters. The maximum absolute atomic E-state index is 12.0. The molecule has 0 fully saturated rings. The Morgan fingerprint density at radius 2 is 1.80 bits per heavy atom. The Hall–Kier alpha value is -3.84. The molecule has 1 atom stereocenters. The topological polar surface area (TPSA) is 55.4 Å². The van der Waals surface area contributed by atoms with Gasteiger partial charge in [-0.3, -0.25) is 9.59 Å². The van der Waals surface area contributed by atoms with Gasteiger partial charge in [-0.15, -0.1) is 0 Å². The van der Waals surface area contributed by atoms with Crippen LogP contribution < -0.4 is 10.1 Å². The summed E-state index contributed by atoms with van der Waals surface area (Å²) >= 11 is 0. The van der Waals surface area contributed by atoms with Crippen LogP contribution in [0.15, 0.2) is 72.8 Å². The van der Waals surface area contributed by atoms with E-state index >= 15 is 0 Å². The van der Waals surface area contributed by atoms with E-state index < -0.39 is 0 Å². The molecule has 1 aliphatic heterocycles. The Bertz CT molecular complexity index is 1160. The lowest BCUT2D eigenvalue weighted by Crippen LogP contribution is -2.33. The molecule has 0 bridgehead atoms. The zero-order valence-electron chi connectivity index (χ0n) is 16.6. The molecule has 0 radical (unpaired) electrons. The molecule has 0 saturated carbocycles. The lowest BCUT2D eigenvalue weighted by Gasteiger charge is -2.10. The average molecular weight is 395 g/mol. The van der Waals surface area contributed by atoms with E-state index in [1.54, 1.807) is 6.92 Å². The summed E-state index contributed by atoms with van der Waals surface area (Å²) in [5.41, 5.74) is 4.48. The summed E-state index contributed by atoms with van der Waals surface area (Å²) in [4.78, 5) is 24.0. The summed E-state index contributed by atoms with van der Waals surface area (Å²) in [6.45, 7) is 1.96. The molecule has 0 spiro atoms. The minimum atomic E-state index is -0.325. The third kappa shape index (κ3) is 4.42. The molecule has 4 rings (SSSR count). The van der Waals surface area contributed by atoms with E-state index in [2.05, 4.69) is 23.2 Å². The molecular weight excluding hydrogens is 374 g/mol. The number of amides is 1. The summed E-state index contributed by atoms with van der Waals surface area (Å²) in [6, 6.07) is 23.0. The minimum Gasteiger partial charge on any atom is -0.488 e. The van der Waals surface area contributed by atoms with Crippen molar-refractivity contribution < 1.29 is 14.3 Å². The second-order valence-electron chi connectivity index (χ2n) is 7.19. The fraction of sp³-hybridized carbons (Fsp3) is 0.154. The van der Waals surface area contributed by atoms with E-state index in [9.17, 15) is 9.59 Å². The van der Waals surface area contributed by atoms with Crippen molar-refractivity contribution in [3.05, 3.63) is 89.5 Å². The molecule has 0 aliphatic carbocycles. The third-order valence-electron chi connectivity index (χ3n) is 5.00. The number of ketones is 1. The number of hydrogen-bond acceptors (Lipinski definition) is 3. The second-order valence-corrected chi connectivity index (χ2v) is 7.19. The first-order valence-electron chi connectivity index (χ1n) is 9.85. The van der Waals surface area contributed by atoms with Gasteiger partial charge in [0, 0.05) is 23.5 Å². The van der Waals surface area contributed by atoms with Crippen molar-refractivity contribution >= 4 is 11.7 Å². The number of nitrogens with one attached hydrogen (secondary N) is 1. The van der Waals surface area contributed by atoms with Crippen LogP contribution in [0.25, 0.3) is 11.1 Å². The normalized spacial score (nSPS) is 14.1. The molecule has 0 saturated heterocycles. The Labute approximate surface area is 175 Å². The predicted octanol–water partition coefficient (Wildman–Crippen LogP) is 4.03. The van der Waals surface area contributed by atoms with Crippen molar-refractivity contribution in [3.8, 4) is 28.7 Å². The minimum absolute atomic E-state index is 0.0412. The summed E-state index contributed by atoms with van der Waals surface area (Å²) in [7, 11) is 0. The summed E-state index contributed by atoms with van der Waals surface area (Å²) in [6.07, 6.45) is 0.554. The largest absolute Gasteiger partial charge is 0.488 e. The Balaban J connectivity index is 1.40. The van der Waals surface area contributed by atoms with E-state index in [0.29, 0.717) is 18.5 Å². The molecule has 1 aliphatic rings. The Kier molecular flexibility index (Phi) is 5.63. The number of carbonyl (C=O) groups is 2. The van der Waals surface area contributed by atoms with Crippen molar-refractivity contribution in [1.29, 1.82) is 0 Å². The zero-order chi connectivity index (χ0) is 20.9. The van der Waals surface area contributed by atoms with Gasteiger partial charge in [-0.25, -0.2) is 0 Å². The van der Waals surface area contributed by atoms with Gasteiger partial charge >= 0.3 is 0 Å². The number of fused-ring (bicyclic) bond motifs is 1. The Morgan fingerprint density at radius 1 is 1.03 bits per heavy atom. The van der Waals surface area contributed by atoms with Crippen LogP contribution in [0, 0.1) is 11.8 Å². The summed E-state index contributed by atoms with van der Waals surface area (Å²) < 4.78 is 5.96. The van der Waals surface area contributed by atoms with Crippen LogP contribution in [0.1, 0.15) is 28.4 Å². The van der Waals surface area contributed by atoms with Crippen LogP contribution in [0.5, 0.6) is 5.75 Å². The monoisotopic (exact) mass is 395 g/mol. The fourth-order valence-corrected chi connectivity index (χ4v) is 3.54. The SMILES string of the molecule is CC(=O)c1ccccc1-c1ccc2c(c1)CC(CNC(=O)C#Cc1ccccc1)O2. The average Bonchev–Trinajstić information content (AvgIpc) is 3.19. The maximum atomic E-state index is 12.0. The van der Waals surface area contributed by atoms with E-state index in [0.717, 1.165) is 28.0 Å². The van der Waals surface area contributed by atoms with Gasteiger partial charge in [-0.1, -0.05) is 54.5 Å². The highest BCUT2D eigenvalue weighted by molar-refractivity contribution is 6.00. The molecule has 30 heavy (non-hydrogen) atoms. The van der Waals surface area contributed by atoms with E-state index in [4.69, 9.17) is 4.74 Å². The molecule has 4 nitrogen and oxygen atoms in total.